The number of aromatic nitrogens is 1. The predicted molar refractivity (Wildman–Crippen MR) is 91.1 cm³/mol. The summed E-state index contributed by atoms with van der Waals surface area (Å²) < 4.78 is 26.0. The van der Waals surface area contributed by atoms with Crippen molar-refractivity contribution in [3.05, 3.63) is 48.7 Å². The van der Waals surface area contributed by atoms with E-state index >= 15 is 0 Å². The number of benzene rings is 1. The lowest BCUT2D eigenvalue weighted by Crippen LogP contribution is -2.18. The Bertz CT molecular complexity index is 685. The first kappa shape index (κ1) is 16.3. The molecule has 0 aliphatic heterocycles. The number of nitrogens with one attached hydrogen (secondary N) is 1. The zero-order valence-corrected chi connectivity index (χ0v) is 13.7. The van der Waals surface area contributed by atoms with Gasteiger partial charge in [-0.2, -0.15) is 0 Å². The van der Waals surface area contributed by atoms with E-state index < -0.39 is 10.0 Å². The van der Waals surface area contributed by atoms with Crippen molar-refractivity contribution in [3.8, 4) is 0 Å². The van der Waals surface area contributed by atoms with Gasteiger partial charge in [0.1, 0.15) is 5.82 Å². The van der Waals surface area contributed by atoms with Gasteiger partial charge in [-0.3, -0.25) is 4.72 Å². The molecule has 1 aromatic carbocycles. The number of anilines is 3. The molecule has 0 atom stereocenters. The molecule has 118 valence electrons. The van der Waals surface area contributed by atoms with Crippen molar-refractivity contribution in [1.82, 2.24) is 4.98 Å². The van der Waals surface area contributed by atoms with Gasteiger partial charge in [0.05, 0.1) is 17.6 Å². The van der Waals surface area contributed by atoms with Crippen LogP contribution < -0.4 is 9.62 Å². The van der Waals surface area contributed by atoms with Gasteiger partial charge in [-0.15, -0.1) is 0 Å². The van der Waals surface area contributed by atoms with E-state index in [0.717, 1.165) is 18.1 Å². The van der Waals surface area contributed by atoms with E-state index in [9.17, 15) is 8.42 Å². The molecule has 1 aromatic heterocycles. The highest BCUT2D eigenvalue weighted by atomic mass is 32.2. The molecular weight excluding hydrogens is 298 g/mol. The van der Waals surface area contributed by atoms with Crippen molar-refractivity contribution in [2.75, 3.05) is 21.9 Å². The maximum absolute atomic E-state index is 11.7. The van der Waals surface area contributed by atoms with Gasteiger partial charge < -0.3 is 4.90 Å². The first-order valence-electron chi connectivity index (χ1n) is 7.35. The maximum Gasteiger partial charge on any atom is 0.232 e. The number of nitrogens with zero attached hydrogens (tertiary/aromatic N) is 2. The van der Waals surface area contributed by atoms with Crippen LogP contribution >= 0.6 is 0 Å². The Morgan fingerprint density at radius 1 is 1.09 bits per heavy atom. The molecule has 6 heteroatoms. The van der Waals surface area contributed by atoms with Crippen molar-refractivity contribution in [3.63, 3.8) is 0 Å². The van der Waals surface area contributed by atoms with E-state index in [-0.39, 0.29) is 5.75 Å². The fourth-order valence-corrected chi connectivity index (χ4v) is 3.31. The summed E-state index contributed by atoms with van der Waals surface area (Å²) in [5, 5.41) is 0. The highest BCUT2D eigenvalue weighted by Crippen LogP contribution is 2.23. The molecule has 0 unspecified atom stereocenters. The molecule has 5 nitrogen and oxygen atoms in total. The van der Waals surface area contributed by atoms with Crippen molar-refractivity contribution in [1.29, 1.82) is 0 Å². The van der Waals surface area contributed by atoms with E-state index in [2.05, 4.69) is 14.6 Å². The van der Waals surface area contributed by atoms with Gasteiger partial charge in [0.25, 0.3) is 0 Å². The van der Waals surface area contributed by atoms with Crippen LogP contribution in [-0.4, -0.2) is 25.7 Å². The Morgan fingerprint density at radius 3 is 2.36 bits per heavy atom. The Kier molecular flexibility index (Phi) is 5.38. The third kappa shape index (κ3) is 4.21. The van der Waals surface area contributed by atoms with Gasteiger partial charge in [0.15, 0.2) is 0 Å². The van der Waals surface area contributed by atoms with E-state index in [1.54, 1.807) is 12.3 Å². The lowest BCUT2D eigenvalue weighted by atomic mass is 10.3. The molecule has 0 amide bonds. The molecule has 0 fully saturated rings. The SMILES string of the molecule is CCCS(=O)(=O)Nc1ccc(N(CC)c2ccccc2)nc1. The average molecular weight is 319 g/mol. The second kappa shape index (κ2) is 7.26. The summed E-state index contributed by atoms with van der Waals surface area (Å²) in [6.07, 6.45) is 2.13. The van der Waals surface area contributed by atoms with Crippen LogP contribution in [0.5, 0.6) is 0 Å². The largest absolute Gasteiger partial charge is 0.327 e. The average Bonchev–Trinajstić information content (AvgIpc) is 2.50. The minimum absolute atomic E-state index is 0.111. The second-order valence-electron chi connectivity index (χ2n) is 4.91. The van der Waals surface area contributed by atoms with Crippen LogP contribution in [-0.2, 0) is 10.0 Å². The Hall–Kier alpha value is -2.08. The van der Waals surface area contributed by atoms with Crippen LogP contribution in [0.3, 0.4) is 0 Å². The fraction of sp³-hybridized carbons (Fsp3) is 0.312. The topological polar surface area (TPSA) is 62.3 Å². The summed E-state index contributed by atoms with van der Waals surface area (Å²) in [7, 11) is -3.28. The third-order valence-corrected chi connectivity index (χ3v) is 4.65. The maximum atomic E-state index is 11.7. The quantitative estimate of drug-likeness (QED) is 0.849. The normalized spacial score (nSPS) is 11.2. The Morgan fingerprint density at radius 2 is 1.82 bits per heavy atom. The molecular formula is C16H21N3O2S. The molecule has 0 saturated carbocycles. The summed E-state index contributed by atoms with van der Waals surface area (Å²) in [5.41, 5.74) is 1.54. The van der Waals surface area contributed by atoms with Crippen LogP contribution in [0.2, 0.25) is 0 Å². The van der Waals surface area contributed by atoms with Gasteiger partial charge in [0.2, 0.25) is 10.0 Å². The van der Waals surface area contributed by atoms with Crippen molar-refractivity contribution < 1.29 is 8.42 Å². The molecule has 1 heterocycles. The number of sulfonamides is 1. The van der Waals surface area contributed by atoms with E-state index in [4.69, 9.17) is 0 Å². The molecule has 0 saturated heterocycles. The molecule has 2 aromatic rings. The summed E-state index contributed by atoms with van der Waals surface area (Å²) in [6.45, 7) is 4.66. The first-order valence-corrected chi connectivity index (χ1v) is 9.00. The minimum atomic E-state index is -3.28. The molecule has 2 rings (SSSR count). The fourth-order valence-electron chi connectivity index (χ4n) is 2.19. The van der Waals surface area contributed by atoms with Crippen LogP contribution in [0.4, 0.5) is 17.2 Å². The molecule has 22 heavy (non-hydrogen) atoms. The highest BCUT2D eigenvalue weighted by Gasteiger charge is 2.11. The van der Waals surface area contributed by atoms with Crippen molar-refractivity contribution in [2.45, 2.75) is 20.3 Å². The van der Waals surface area contributed by atoms with E-state index in [1.165, 1.54) is 0 Å². The minimum Gasteiger partial charge on any atom is -0.327 e. The van der Waals surface area contributed by atoms with Crippen LogP contribution in [0, 0.1) is 0 Å². The smallest absolute Gasteiger partial charge is 0.232 e. The molecule has 0 spiro atoms. The molecule has 1 N–H and O–H groups in total. The number of hydrogen-bond donors (Lipinski definition) is 1. The van der Waals surface area contributed by atoms with Crippen LogP contribution in [0.25, 0.3) is 0 Å². The molecule has 0 bridgehead atoms. The number of pyridine rings is 1. The molecule has 0 radical (unpaired) electrons. The van der Waals surface area contributed by atoms with E-state index in [0.29, 0.717) is 12.1 Å². The summed E-state index contributed by atoms with van der Waals surface area (Å²) >= 11 is 0. The van der Waals surface area contributed by atoms with Crippen LogP contribution in [0.1, 0.15) is 20.3 Å². The standard InChI is InChI=1S/C16H21N3O2S/c1-3-12-22(20,21)18-14-10-11-16(17-13-14)19(4-2)15-8-6-5-7-9-15/h5-11,13,18H,3-4,12H2,1-2H3. The summed E-state index contributed by atoms with van der Waals surface area (Å²) in [4.78, 5) is 6.43. The number of hydrogen-bond acceptors (Lipinski definition) is 4. The number of para-hydroxylation sites is 1. The third-order valence-electron chi connectivity index (χ3n) is 3.15. The zero-order chi connectivity index (χ0) is 16.0. The zero-order valence-electron chi connectivity index (χ0n) is 12.9. The summed E-state index contributed by atoms with van der Waals surface area (Å²) in [6, 6.07) is 13.5. The molecule has 0 aliphatic rings. The van der Waals surface area contributed by atoms with Gasteiger partial charge in [0, 0.05) is 12.2 Å². The highest BCUT2D eigenvalue weighted by molar-refractivity contribution is 7.92. The second-order valence-corrected chi connectivity index (χ2v) is 6.75. The lowest BCUT2D eigenvalue weighted by Gasteiger charge is -2.22. The van der Waals surface area contributed by atoms with Gasteiger partial charge in [-0.1, -0.05) is 25.1 Å². The summed E-state index contributed by atoms with van der Waals surface area (Å²) in [5.74, 6) is 0.895. The van der Waals surface area contributed by atoms with Crippen molar-refractivity contribution in [2.24, 2.45) is 0 Å². The number of rotatable bonds is 7. The van der Waals surface area contributed by atoms with Gasteiger partial charge >= 0.3 is 0 Å². The van der Waals surface area contributed by atoms with Crippen molar-refractivity contribution >= 4 is 27.2 Å². The monoisotopic (exact) mass is 319 g/mol. The van der Waals surface area contributed by atoms with Gasteiger partial charge in [-0.25, -0.2) is 13.4 Å². The Labute approximate surface area is 132 Å². The predicted octanol–water partition coefficient (Wildman–Crippen LogP) is 3.39. The van der Waals surface area contributed by atoms with E-state index in [1.807, 2.05) is 50.2 Å². The first-order chi connectivity index (χ1) is 10.6. The van der Waals surface area contributed by atoms with Gasteiger partial charge in [-0.05, 0) is 37.6 Å². The lowest BCUT2D eigenvalue weighted by molar-refractivity contribution is 0.600. The van der Waals surface area contributed by atoms with Crippen LogP contribution in [0.15, 0.2) is 48.7 Å². The molecule has 0 aliphatic carbocycles. The Balaban J connectivity index is 2.17.